The average Bonchev–Trinajstić information content (AvgIpc) is 2.65. The maximum atomic E-state index is 8.74. The van der Waals surface area contributed by atoms with Crippen LogP contribution >= 0.6 is 0 Å². The minimum absolute atomic E-state index is 0.374. The van der Waals surface area contributed by atoms with Crippen molar-refractivity contribution in [2.24, 2.45) is 5.92 Å². The molecule has 0 aromatic rings. The van der Waals surface area contributed by atoms with Crippen molar-refractivity contribution in [2.45, 2.75) is 155 Å². The standard InChI is InChI=1S/C26H54O/c1-26(2)24-22-20-18-16-14-12-10-8-6-4-3-5-7-9-11-13-15-17-19-21-23-25-27/h26-27H,3-25H2,1-2H3. The molecule has 0 heterocycles. The van der Waals surface area contributed by atoms with E-state index < -0.39 is 0 Å². The van der Waals surface area contributed by atoms with Gasteiger partial charge in [-0.2, -0.15) is 0 Å². The maximum Gasteiger partial charge on any atom is 0.0431 e. The highest BCUT2D eigenvalue weighted by Gasteiger charge is 1.96. The van der Waals surface area contributed by atoms with E-state index >= 15 is 0 Å². The Morgan fingerprint density at radius 3 is 0.815 bits per heavy atom. The maximum absolute atomic E-state index is 8.74. The van der Waals surface area contributed by atoms with Crippen LogP contribution in [0, 0.1) is 5.92 Å². The summed E-state index contributed by atoms with van der Waals surface area (Å²) in [7, 11) is 0. The Hall–Kier alpha value is -0.0400. The van der Waals surface area contributed by atoms with E-state index in [0.29, 0.717) is 6.61 Å². The molecule has 0 amide bonds. The van der Waals surface area contributed by atoms with Crippen LogP contribution in [0.5, 0.6) is 0 Å². The van der Waals surface area contributed by atoms with E-state index in [9.17, 15) is 0 Å². The van der Waals surface area contributed by atoms with Crippen LogP contribution in [-0.2, 0) is 0 Å². The molecule has 0 unspecified atom stereocenters. The van der Waals surface area contributed by atoms with E-state index in [4.69, 9.17) is 5.11 Å². The molecule has 0 fully saturated rings. The molecule has 0 aliphatic heterocycles. The summed E-state index contributed by atoms with van der Waals surface area (Å²) in [4.78, 5) is 0. The first-order chi connectivity index (χ1) is 13.3. The van der Waals surface area contributed by atoms with Crippen LogP contribution in [0.25, 0.3) is 0 Å². The van der Waals surface area contributed by atoms with Crippen LogP contribution in [0.3, 0.4) is 0 Å². The van der Waals surface area contributed by atoms with E-state index in [2.05, 4.69) is 13.8 Å². The molecule has 0 aliphatic carbocycles. The smallest absolute Gasteiger partial charge is 0.0431 e. The molecular formula is C26H54O. The van der Waals surface area contributed by atoms with Gasteiger partial charge in [0.15, 0.2) is 0 Å². The van der Waals surface area contributed by atoms with Crippen LogP contribution in [0.2, 0.25) is 0 Å². The molecule has 1 heteroatoms. The molecule has 0 spiro atoms. The first kappa shape index (κ1) is 27.0. The molecule has 0 aliphatic rings. The zero-order valence-electron chi connectivity index (χ0n) is 19.3. The highest BCUT2D eigenvalue weighted by atomic mass is 16.2. The summed E-state index contributed by atoms with van der Waals surface area (Å²) < 4.78 is 0. The second kappa shape index (κ2) is 24.0. The molecule has 0 atom stereocenters. The van der Waals surface area contributed by atoms with Gasteiger partial charge in [-0.05, 0) is 12.3 Å². The third-order valence-electron chi connectivity index (χ3n) is 5.94. The summed E-state index contributed by atoms with van der Waals surface area (Å²) in [5, 5.41) is 8.74. The van der Waals surface area contributed by atoms with Gasteiger partial charge in [0, 0.05) is 6.61 Å². The molecule has 1 N–H and O–H groups in total. The van der Waals surface area contributed by atoms with E-state index in [1.54, 1.807) is 0 Å². The van der Waals surface area contributed by atoms with Crippen molar-refractivity contribution in [1.82, 2.24) is 0 Å². The van der Waals surface area contributed by atoms with Gasteiger partial charge in [-0.1, -0.05) is 149 Å². The summed E-state index contributed by atoms with van der Waals surface area (Å²) in [6, 6.07) is 0. The molecule has 0 saturated carbocycles. The fourth-order valence-corrected chi connectivity index (χ4v) is 4.02. The summed E-state index contributed by atoms with van der Waals surface area (Å²) in [6.45, 7) is 5.05. The number of unbranched alkanes of at least 4 members (excludes halogenated alkanes) is 20. The molecule has 0 bridgehead atoms. The Balaban J connectivity index is 2.97. The van der Waals surface area contributed by atoms with Crippen molar-refractivity contribution < 1.29 is 5.11 Å². The monoisotopic (exact) mass is 382 g/mol. The Morgan fingerprint density at radius 2 is 0.593 bits per heavy atom. The van der Waals surface area contributed by atoms with Crippen molar-refractivity contribution in [3.63, 3.8) is 0 Å². The van der Waals surface area contributed by atoms with Crippen molar-refractivity contribution >= 4 is 0 Å². The largest absolute Gasteiger partial charge is 0.396 e. The molecule has 164 valence electrons. The van der Waals surface area contributed by atoms with E-state index in [0.717, 1.165) is 12.3 Å². The van der Waals surface area contributed by atoms with Crippen molar-refractivity contribution in [3.8, 4) is 0 Å². The SMILES string of the molecule is CC(C)CCCCCCCCCCCCCCCCCCCCCCCO. The number of rotatable bonds is 23. The van der Waals surface area contributed by atoms with Gasteiger partial charge in [0.2, 0.25) is 0 Å². The van der Waals surface area contributed by atoms with Gasteiger partial charge in [-0.25, -0.2) is 0 Å². The summed E-state index contributed by atoms with van der Waals surface area (Å²) >= 11 is 0. The average molecular weight is 383 g/mol. The lowest BCUT2D eigenvalue weighted by atomic mass is 10.0. The summed E-state index contributed by atoms with van der Waals surface area (Å²) in [6.07, 6.45) is 31.2. The highest BCUT2D eigenvalue weighted by molar-refractivity contribution is 4.52. The predicted molar refractivity (Wildman–Crippen MR) is 123 cm³/mol. The van der Waals surface area contributed by atoms with Crippen molar-refractivity contribution in [3.05, 3.63) is 0 Å². The number of aliphatic hydroxyl groups is 1. The molecule has 0 saturated heterocycles. The fraction of sp³-hybridized carbons (Fsp3) is 1.00. The topological polar surface area (TPSA) is 20.2 Å². The van der Waals surface area contributed by atoms with E-state index in [-0.39, 0.29) is 0 Å². The molecule has 0 radical (unpaired) electrons. The first-order valence-electron chi connectivity index (χ1n) is 12.9. The molecule has 0 aromatic carbocycles. The van der Waals surface area contributed by atoms with Crippen LogP contribution in [0.4, 0.5) is 0 Å². The molecule has 0 aromatic heterocycles. The second-order valence-electron chi connectivity index (χ2n) is 9.33. The van der Waals surface area contributed by atoms with Gasteiger partial charge in [-0.15, -0.1) is 0 Å². The third-order valence-corrected chi connectivity index (χ3v) is 5.94. The quantitative estimate of drug-likeness (QED) is 0.175. The lowest BCUT2D eigenvalue weighted by Crippen LogP contribution is -1.87. The van der Waals surface area contributed by atoms with Crippen LogP contribution in [-0.4, -0.2) is 11.7 Å². The van der Waals surface area contributed by atoms with Crippen LogP contribution in [0.1, 0.15) is 155 Å². The molecule has 27 heavy (non-hydrogen) atoms. The minimum atomic E-state index is 0.374. The predicted octanol–water partition coefficient (Wildman–Crippen LogP) is 9.22. The lowest BCUT2D eigenvalue weighted by molar-refractivity contribution is 0.282. The van der Waals surface area contributed by atoms with E-state index in [1.807, 2.05) is 0 Å². The van der Waals surface area contributed by atoms with Crippen molar-refractivity contribution in [1.29, 1.82) is 0 Å². The van der Waals surface area contributed by atoms with Gasteiger partial charge < -0.3 is 5.11 Å². The Bertz CT molecular complexity index is 249. The van der Waals surface area contributed by atoms with Crippen molar-refractivity contribution in [2.75, 3.05) is 6.61 Å². The van der Waals surface area contributed by atoms with Crippen LogP contribution in [0.15, 0.2) is 0 Å². The second-order valence-corrected chi connectivity index (χ2v) is 9.33. The van der Waals surface area contributed by atoms with Gasteiger partial charge in [0.25, 0.3) is 0 Å². The summed E-state index contributed by atoms with van der Waals surface area (Å²) in [5.41, 5.74) is 0. The molecule has 0 rings (SSSR count). The van der Waals surface area contributed by atoms with Gasteiger partial charge >= 0.3 is 0 Å². The van der Waals surface area contributed by atoms with Gasteiger partial charge in [0.05, 0.1) is 0 Å². The Kier molecular flexibility index (Phi) is 24.0. The number of hydrogen-bond donors (Lipinski definition) is 1. The fourth-order valence-electron chi connectivity index (χ4n) is 4.02. The third kappa shape index (κ3) is 26.0. The highest BCUT2D eigenvalue weighted by Crippen LogP contribution is 2.15. The lowest BCUT2D eigenvalue weighted by Gasteiger charge is -2.05. The normalized spacial score (nSPS) is 11.6. The number of aliphatic hydroxyl groups excluding tert-OH is 1. The van der Waals surface area contributed by atoms with E-state index in [1.165, 1.54) is 135 Å². The van der Waals surface area contributed by atoms with Gasteiger partial charge in [0.1, 0.15) is 0 Å². The molecule has 1 nitrogen and oxygen atoms in total. The summed E-state index contributed by atoms with van der Waals surface area (Å²) in [5.74, 6) is 0.892. The minimum Gasteiger partial charge on any atom is -0.396 e. The zero-order chi connectivity index (χ0) is 19.8. The molecular weight excluding hydrogens is 328 g/mol. The number of hydrogen-bond acceptors (Lipinski definition) is 1. The Labute approximate surface area is 173 Å². The Morgan fingerprint density at radius 1 is 0.370 bits per heavy atom. The first-order valence-corrected chi connectivity index (χ1v) is 12.9. The zero-order valence-corrected chi connectivity index (χ0v) is 19.3. The van der Waals surface area contributed by atoms with Gasteiger partial charge in [-0.3, -0.25) is 0 Å². The van der Waals surface area contributed by atoms with Crippen LogP contribution < -0.4 is 0 Å².